The van der Waals surface area contributed by atoms with Crippen molar-refractivity contribution < 1.29 is 19.2 Å². The van der Waals surface area contributed by atoms with Crippen molar-refractivity contribution >= 4 is 23.4 Å². The molecular weight excluding hydrogens is 282 g/mol. The van der Waals surface area contributed by atoms with Crippen LogP contribution in [-0.2, 0) is 9.59 Å². The minimum absolute atomic E-state index is 0.168. The number of ketones is 2. The van der Waals surface area contributed by atoms with Gasteiger partial charge in [-0.2, -0.15) is 0 Å². The Kier molecular flexibility index (Phi) is 3.43. The fraction of sp³-hybridized carbons (Fsp3) is 0.412. The quantitative estimate of drug-likeness (QED) is 0.667. The molecule has 1 aliphatic carbocycles. The molecule has 22 heavy (non-hydrogen) atoms. The van der Waals surface area contributed by atoms with Gasteiger partial charge in [0.1, 0.15) is 0 Å². The maximum absolute atomic E-state index is 12.6. The van der Waals surface area contributed by atoms with E-state index in [4.69, 9.17) is 0 Å². The molecule has 1 aliphatic heterocycles. The third-order valence-electron chi connectivity index (χ3n) is 4.49. The van der Waals surface area contributed by atoms with Gasteiger partial charge in [0.15, 0.2) is 11.6 Å². The molecule has 5 heteroatoms. The van der Waals surface area contributed by atoms with Gasteiger partial charge in [-0.25, -0.2) is 0 Å². The molecule has 0 radical (unpaired) electrons. The lowest BCUT2D eigenvalue weighted by Crippen LogP contribution is -2.46. The van der Waals surface area contributed by atoms with E-state index in [9.17, 15) is 19.2 Å². The lowest BCUT2D eigenvalue weighted by molar-refractivity contribution is -0.137. The van der Waals surface area contributed by atoms with Gasteiger partial charge in [-0.1, -0.05) is 26.0 Å². The molecule has 1 N–H and O–H groups in total. The van der Waals surface area contributed by atoms with Crippen LogP contribution in [-0.4, -0.2) is 23.4 Å². The van der Waals surface area contributed by atoms with E-state index in [1.54, 1.807) is 12.1 Å². The molecule has 1 fully saturated rings. The Bertz CT molecular complexity index is 705. The molecular formula is C17H17NO4. The van der Waals surface area contributed by atoms with E-state index in [2.05, 4.69) is 5.32 Å². The van der Waals surface area contributed by atoms with Crippen LogP contribution in [0.4, 0.5) is 0 Å². The maximum atomic E-state index is 12.6. The lowest BCUT2D eigenvalue weighted by Gasteiger charge is -2.23. The van der Waals surface area contributed by atoms with Gasteiger partial charge in [0.2, 0.25) is 11.8 Å². The number of piperidine rings is 1. The third-order valence-corrected chi connectivity index (χ3v) is 4.49. The second kappa shape index (κ2) is 5.16. The molecule has 1 saturated heterocycles. The van der Waals surface area contributed by atoms with E-state index < -0.39 is 17.7 Å². The summed E-state index contributed by atoms with van der Waals surface area (Å²) in [5.74, 6) is -2.93. The standard InChI is InChI=1S/C17H17NO4/c1-8(2)9-3-4-10-12(7-9)16(21)14(15(10)20)11-5-6-13(19)18-17(11)22/h3-4,7-8,11,14H,5-6H2,1-2H3,(H,18,19,22)/t11-,14?/m1/s1. The highest BCUT2D eigenvalue weighted by Crippen LogP contribution is 2.36. The van der Waals surface area contributed by atoms with E-state index in [-0.39, 0.29) is 36.2 Å². The zero-order valence-corrected chi connectivity index (χ0v) is 12.5. The molecule has 1 heterocycles. The van der Waals surface area contributed by atoms with Crippen molar-refractivity contribution in [2.24, 2.45) is 11.8 Å². The fourth-order valence-corrected chi connectivity index (χ4v) is 3.19. The van der Waals surface area contributed by atoms with Crippen LogP contribution in [0.15, 0.2) is 18.2 Å². The van der Waals surface area contributed by atoms with Gasteiger partial charge in [-0.15, -0.1) is 0 Å². The Labute approximate surface area is 128 Å². The summed E-state index contributed by atoms with van der Waals surface area (Å²) in [5.41, 5.74) is 1.79. The van der Waals surface area contributed by atoms with Gasteiger partial charge < -0.3 is 0 Å². The van der Waals surface area contributed by atoms with E-state index in [1.165, 1.54) is 0 Å². The molecule has 0 bridgehead atoms. The molecule has 1 aromatic carbocycles. The first kappa shape index (κ1) is 14.6. The minimum Gasteiger partial charge on any atom is -0.296 e. The maximum Gasteiger partial charge on any atom is 0.230 e. The predicted molar refractivity (Wildman–Crippen MR) is 78.6 cm³/mol. The number of hydrogen-bond acceptors (Lipinski definition) is 4. The molecule has 5 nitrogen and oxygen atoms in total. The second-order valence-corrected chi connectivity index (χ2v) is 6.22. The largest absolute Gasteiger partial charge is 0.296 e. The first-order valence-electron chi connectivity index (χ1n) is 7.46. The van der Waals surface area contributed by atoms with Crippen LogP contribution in [0.25, 0.3) is 0 Å². The monoisotopic (exact) mass is 299 g/mol. The SMILES string of the molecule is CC(C)c1ccc2c(c1)C(=O)C([C@H]1CCC(=O)NC1=O)C2=O. The Balaban J connectivity index is 1.96. The lowest BCUT2D eigenvalue weighted by atomic mass is 9.82. The summed E-state index contributed by atoms with van der Waals surface area (Å²) in [6, 6.07) is 5.28. The fourth-order valence-electron chi connectivity index (χ4n) is 3.19. The van der Waals surface area contributed by atoms with Gasteiger partial charge in [0.05, 0.1) is 11.8 Å². The zero-order chi connectivity index (χ0) is 16.0. The Hall–Kier alpha value is -2.30. The molecule has 1 aromatic rings. The predicted octanol–water partition coefficient (Wildman–Crippen LogP) is 1.86. The van der Waals surface area contributed by atoms with Gasteiger partial charge in [0, 0.05) is 17.5 Å². The van der Waals surface area contributed by atoms with Crippen molar-refractivity contribution in [1.82, 2.24) is 5.32 Å². The highest BCUT2D eigenvalue weighted by Gasteiger charge is 2.47. The molecule has 2 aliphatic rings. The minimum atomic E-state index is -0.981. The smallest absolute Gasteiger partial charge is 0.230 e. The van der Waals surface area contributed by atoms with Crippen molar-refractivity contribution in [3.63, 3.8) is 0 Å². The zero-order valence-electron chi connectivity index (χ0n) is 12.5. The van der Waals surface area contributed by atoms with E-state index in [1.807, 2.05) is 19.9 Å². The van der Waals surface area contributed by atoms with E-state index in [0.717, 1.165) is 5.56 Å². The van der Waals surface area contributed by atoms with Crippen LogP contribution in [0.1, 0.15) is 58.9 Å². The number of benzene rings is 1. The van der Waals surface area contributed by atoms with Crippen LogP contribution in [0.3, 0.4) is 0 Å². The first-order valence-corrected chi connectivity index (χ1v) is 7.46. The number of imide groups is 1. The Morgan fingerprint density at radius 1 is 1.05 bits per heavy atom. The first-order chi connectivity index (χ1) is 10.4. The van der Waals surface area contributed by atoms with Crippen LogP contribution in [0.5, 0.6) is 0 Å². The van der Waals surface area contributed by atoms with Crippen molar-refractivity contribution in [1.29, 1.82) is 0 Å². The molecule has 0 aromatic heterocycles. The van der Waals surface area contributed by atoms with Crippen molar-refractivity contribution in [2.75, 3.05) is 0 Å². The van der Waals surface area contributed by atoms with E-state index >= 15 is 0 Å². The Morgan fingerprint density at radius 3 is 2.36 bits per heavy atom. The number of fused-ring (bicyclic) bond motifs is 1. The van der Waals surface area contributed by atoms with Crippen molar-refractivity contribution in [2.45, 2.75) is 32.6 Å². The molecule has 114 valence electrons. The van der Waals surface area contributed by atoms with E-state index in [0.29, 0.717) is 11.1 Å². The van der Waals surface area contributed by atoms with Crippen LogP contribution < -0.4 is 5.32 Å². The van der Waals surface area contributed by atoms with Crippen molar-refractivity contribution in [3.8, 4) is 0 Å². The number of carbonyl (C=O) groups excluding carboxylic acids is 4. The Morgan fingerprint density at radius 2 is 1.73 bits per heavy atom. The number of hydrogen-bond donors (Lipinski definition) is 1. The topological polar surface area (TPSA) is 80.3 Å². The van der Waals surface area contributed by atoms with Crippen LogP contribution in [0.2, 0.25) is 0 Å². The number of rotatable bonds is 2. The summed E-state index contributed by atoms with van der Waals surface area (Å²) in [7, 11) is 0. The van der Waals surface area contributed by atoms with Gasteiger partial charge in [-0.3, -0.25) is 24.5 Å². The molecule has 1 unspecified atom stereocenters. The number of carbonyl (C=O) groups is 4. The van der Waals surface area contributed by atoms with Crippen LogP contribution in [0, 0.1) is 11.8 Å². The molecule has 0 spiro atoms. The summed E-state index contributed by atoms with van der Waals surface area (Å²) in [5, 5.41) is 2.22. The number of Topliss-reactive ketones (excluding diaryl/α,β-unsaturated/α-hetero) is 2. The second-order valence-electron chi connectivity index (χ2n) is 6.22. The molecule has 2 amide bonds. The molecule has 3 rings (SSSR count). The van der Waals surface area contributed by atoms with Gasteiger partial charge >= 0.3 is 0 Å². The highest BCUT2D eigenvalue weighted by molar-refractivity contribution is 6.28. The molecule has 2 atom stereocenters. The summed E-state index contributed by atoms with van der Waals surface area (Å²) in [6.45, 7) is 4.03. The molecule has 0 saturated carbocycles. The summed E-state index contributed by atoms with van der Waals surface area (Å²) in [6.07, 6.45) is 0.416. The highest BCUT2D eigenvalue weighted by atomic mass is 16.2. The average Bonchev–Trinajstić information content (AvgIpc) is 2.71. The van der Waals surface area contributed by atoms with Crippen LogP contribution >= 0.6 is 0 Å². The van der Waals surface area contributed by atoms with Gasteiger partial charge in [-0.05, 0) is 24.0 Å². The van der Waals surface area contributed by atoms with Crippen molar-refractivity contribution in [3.05, 3.63) is 34.9 Å². The van der Waals surface area contributed by atoms with Gasteiger partial charge in [0.25, 0.3) is 0 Å². The number of amides is 2. The number of nitrogens with one attached hydrogen (secondary N) is 1. The summed E-state index contributed by atoms with van der Waals surface area (Å²) >= 11 is 0. The third kappa shape index (κ3) is 2.17. The average molecular weight is 299 g/mol. The summed E-state index contributed by atoms with van der Waals surface area (Å²) in [4.78, 5) is 48.4. The normalized spacial score (nSPS) is 24.7. The summed E-state index contributed by atoms with van der Waals surface area (Å²) < 4.78 is 0.